The predicted molar refractivity (Wildman–Crippen MR) is 116 cm³/mol. The van der Waals surface area contributed by atoms with Gasteiger partial charge >= 0.3 is 0 Å². The Bertz CT molecular complexity index is 1110. The normalized spacial score (nSPS) is 11.1. The topological polar surface area (TPSA) is 103 Å². The number of nitrogens with zero attached hydrogens (tertiary/aromatic N) is 6. The molecule has 4 aromatic rings. The van der Waals surface area contributed by atoms with E-state index < -0.39 is 0 Å². The summed E-state index contributed by atoms with van der Waals surface area (Å²) >= 11 is 0. The third kappa shape index (κ3) is 4.29. The van der Waals surface area contributed by atoms with E-state index in [-0.39, 0.29) is 6.04 Å². The molecule has 0 fully saturated rings. The van der Waals surface area contributed by atoms with Crippen molar-refractivity contribution in [1.82, 2.24) is 29.5 Å². The van der Waals surface area contributed by atoms with E-state index in [2.05, 4.69) is 49.4 Å². The Hall–Kier alpha value is -3.75. The molecule has 0 aromatic carbocycles. The summed E-state index contributed by atoms with van der Waals surface area (Å²) in [5.41, 5.74) is 3.29. The summed E-state index contributed by atoms with van der Waals surface area (Å²) in [4.78, 5) is 22.5. The smallest absolute Gasteiger partial charge is 0.231 e. The second kappa shape index (κ2) is 8.73. The van der Waals surface area contributed by atoms with Crippen molar-refractivity contribution in [2.24, 2.45) is 0 Å². The first kappa shape index (κ1) is 19.6. The average Bonchev–Trinajstić information content (AvgIpc) is 3.19. The number of rotatable bonds is 8. The lowest BCUT2D eigenvalue weighted by atomic mass is 10.3. The zero-order valence-electron chi connectivity index (χ0n) is 17.2. The Morgan fingerprint density at radius 1 is 1.07 bits per heavy atom. The molecule has 0 aliphatic rings. The molecule has 0 amide bonds. The van der Waals surface area contributed by atoms with Crippen LogP contribution in [0.15, 0.2) is 49.1 Å². The van der Waals surface area contributed by atoms with Crippen molar-refractivity contribution in [3.05, 3.63) is 54.7 Å². The fraction of sp³-hybridized carbons (Fsp3) is 0.286. The van der Waals surface area contributed by atoms with Crippen LogP contribution in [0.5, 0.6) is 5.88 Å². The summed E-state index contributed by atoms with van der Waals surface area (Å²) in [7, 11) is 1.59. The standard InChI is InChI=1S/C21H24N8O/c1-14(2)29-13-25-18-19(23-11-9-15-6-4-5-10-22-15)27-21(28-20(18)29)26-16-7-8-17(30-3)24-12-16/h4-8,10,12-14H,9,11H2,1-3H3,(H2,23,26,27,28). The largest absolute Gasteiger partial charge is 0.481 e. The van der Waals surface area contributed by atoms with Crippen LogP contribution in [0.4, 0.5) is 17.5 Å². The highest BCUT2D eigenvalue weighted by Crippen LogP contribution is 2.25. The highest BCUT2D eigenvalue weighted by Gasteiger charge is 2.15. The van der Waals surface area contributed by atoms with Gasteiger partial charge in [0.05, 0.1) is 25.3 Å². The van der Waals surface area contributed by atoms with E-state index in [9.17, 15) is 0 Å². The van der Waals surface area contributed by atoms with Crippen LogP contribution in [-0.2, 0) is 6.42 Å². The molecule has 4 heterocycles. The van der Waals surface area contributed by atoms with E-state index >= 15 is 0 Å². The van der Waals surface area contributed by atoms with Crippen molar-refractivity contribution in [2.75, 3.05) is 24.3 Å². The Morgan fingerprint density at radius 2 is 1.97 bits per heavy atom. The number of fused-ring (bicyclic) bond motifs is 1. The molecule has 0 radical (unpaired) electrons. The third-order valence-corrected chi connectivity index (χ3v) is 4.58. The van der Waals surface area contributed by atoms with Crippen molar-refractivity contribution >= 4 is 28.6 Å². The fourth-order valence-electron chi connectivity index (χ4n) is 3.03. The molecular weight excluding hydrogens is 380 g/mol. The maximum Gasteiger partial charge on any atom is 0.231 e. The summed E-state index contributed by atoms with van der Waals surface area (Å²) in [5, 5.41) is 6.61. The number of nitrogens with one attached hydrogen (secondary N) is 2. The first-order chi connectivity index (χ1) is 14.6. The van der Waals surface area contributed by atoms with Gasteiger partial charge in [0.2, 0.25) is 11.8 Å². The minimum absolute atomic E-state index is 0.224. The Morgan fingerprint density at radius 3 is 2.67 bits per heavy atom. The molecule has 4 rings (SSSR count). The van der Waals surface area contributed by atoms with Crippen LogP contribution < -0.4 is 15.4 Å². The minimum Gasteiger partial charge on any atom is -0.481 e. The molecule has 154 valence electrons. The van der Waals surface area contributed by atoms with E-state index in [0.29, 0.717) is 24.2 Å². The van der Waals surface area contributed by atoms with Gasteiger partial charge in [0.25, 0.3) is 0 Å². The van der Waals surface area contributed by atoms with Gasteiger partial charge < -0.3 is 19.9 Å². The molecular formula is C21H24N8O. The highest BCUT2D eigenvalue weighted by molar-refractivity contribution is 5.84. The van der Waals surface area contributed by atoms with Crippen LogP contribution in [-0.4, -0.2) is 43.1 Å². The maximum absolute atomic E-state index is 5.11. The van der Waals surface area contributed by atoms with E-state index in [4.69, 9.17) is 4.74 Å². The van der Waals surface area contributed by atoms with Gasteiger partial charge in [-0.15, -0.1) is 0 Å². The number of hydrogen-bond donors (Lipinski definition) is 2. The quantitative estimate of drug-likeness (QED) is 0.459. The molecule has 30 heavy (non-hydrogen) atoms. The first-order valence-corrected chi connectivity index (χ1v) is 9.79. The van der Waals surface area contributed by atoms with Crippen LogP contribution >= 0.6 is 0 Å². The van der Waals surface area contributed by atoms with Crippen molar-refractivity contribution in [3.63, 3.8) is 0 Å². The van der Waals surface area contributed by atoms with Crippen molar-refractivity contribution < 1.29 is 4.74 Å². The fourth-order valence-corrected chi connectivity index (χ4v) is 3.03. The number of anilines is 3. The number of hydrogen-bond acceptors (Lipinski definition) is 8. The molecule has 0 spiro atoms. The number of ether oxygens (including phenoxy) is 1. The molecule has 9 heteroatoms. The van der Waals surface area contributed by atoms with E-state index in [1.807, 2.05) is 28.8 Å². The van der Waals surface area contributed by atoms with E-state index in [0.717, 1.165) is 29.0 Å². The van der Waals surface area contributed by atoms with Gasteiger partial charge in [0.15, 0.2) is 17.0 Å². The van der Waals surface area contributed by atoms with Crippen LogP contribution in [0.25, 0.3) is 11.2 Å². The first-order valence-electron chi connectivity index (χ1n) is 9.79. The molecule has 0 aliphatic carbocycles. The lowest BCUT2D eigenvalue weighted by Gasteiger charge is -2.12. The number of aromatic nitrogens is 6. The molecule has 9 nitrogen and oxygen atoms in total. The second-order valence-corrected chi connectivity index (χ2v) is 7.03. The monoisotopic (exact) mass is 404 g/mol. The molecule has 2 N–H and O–H groups in total. The lowest BCUT2D eigenvalue weighted by molar-refractivity contribution is 0.398. The molecule has 0 atom stereocenters. The van der Waals surface area contributed by atoms with Crippen molar-refractivity contribution in [2.45, 2.75) is 26.3 Å². The van der Waals surface area contributed by atoms with Gasteiger partial charge in [-0.05, 0) is 32.0 Å². The summed E-state index contributed by atoms with van der Waals surface area (Å²) in [6.07, 6.45) is 6.06. The molecule has 0 unspecified atom stereocenters. The van der Waals surface area contributed by atoms with Gasteiger partial charge in [0.1, 0.15) is 0 Å². The van der Waals surface area contributed by atoms with Crippen molar-refractivity contribution in [1.29, 1.82) is 0 Å². The van der Waals surface area contributed by atoms with Gasteiger partial charge in [-0.25, -0.2) is 9.97 Å². The van der Waals surface area contributed by atoms with Crippen LogP contribution in [0.2, 0.25) is 0 Å². The van der Waals surface area contributed by atoms with E-state index in [1.165, 1.54) is 0 Å². The predicted octanol–water partition coefficient (Wildman–Crippen LogP) is 3.60. The number of pyridine rings is 2. The van der Waals surface area contributed by atoms with Crippen LogP contribution in [0.1, 0.15) is 25.6 Å². The van der Waals surface area contributed by atoms with Gasteiger partial charge in [-0.2, -0.15) is 9.97 Å². The number of imidazole rings is 1. The number of methoxy groups -OCH3 is 1. The lowest BCUT2D eigenvalue weighted by Crippen LogP contribution is -2.10. The third-order valence-electron chi connectivity index (χ3n) is 4.58. The summed E-state index contributed by atoms with van der Waals surface area (Å²) in [5.74, 6) is 1.70. The van der Waals surface area contributed by atoms with Crippen LogP contribution in [0, 0.1) is 0 Å². The Kier molecular flexibility index (Phi) is 5.69. The zero-order valence-corrected chi connectivity index (χ0v) is 17.2. The SMILES string of the molecule is COc1ccc(Nc2nc(NCCc3ccccn3)c3ncn(C(C)C)c3n2)cn1. The van der Waals surface area contributed by atoms with Crippen LogP contribution in [0.3, 0.4) is 0 Å². The maximum atomic E-state index is 5.11. The Labute approximate surface area is 174 Å². The summed E-state index contributed by atoms with van der Waals surface area (Å²) in [6, 6.07) is 9.78. The minimum atomic E-state index is 0.224. The van der Waals surface area contributed by atoms with Gasteiger partial charge in [-0.1, -0.05) is 6.07 Å². The highest BCUT2D eigenvalue weighted by atomic mass is 16.5. The molecule has 0 saturated carbocycles. The molecule has 0 saturated heterocycles. The van der Waals surface area contributed by atoms with Gasteiger partial charge in [-0.3, -0.25) is 4.98 Å². The van der Waals surface area contributed by atoms with Crippen molar-refractivity contribution in [3.8, 4) is 5.88 Å². The average molecular weight is 404 g/mol. The molecule has 4 aromatic heterocycles. The summed E-state index contributed by atoms with van der Waals surface area (Å²) in [6.45, 7) is 4.87. The second-order valence-electron chi connectivity index (χ2n) is 7.03. The zero-order chi connectivity index (χ0) is 20.9. The summed E-state index contributed by atoms with van der Waals surface area (Å²) < 4.78 is 7.14. The molecule has 0 bridgehead atoms. The van der Waals surface area contributed by atoms with Gasteiger partial charge in [0, 0.05) is 37.0 Å². The Balaban J connectivity index is 1.61. The van der Waals surface area contributed by atoms with E-state index in [1.54, 1.807) is 31.9 Å². The molecule has 0 aliphatic heterocycles.